The topological polar surface area (TPSA) is 112 Å². The number of carbonyl (C=O) groups excluding carboxylic acids is 3. The standard InChI is InChI=1S/C18H19ClN4O4/c1-27-14-6-10(19)5-12-11(14)7-13(21-12)15(24)20-8-9-3-2-4-18(9)16(25)22-17(26)23-18/h5-7,9,21H,2-4,8H2,1H3,(H,20,24)(H2,22,23,25,26). The van der Waals surface area contributed by atoms with Crippen LogP contribution >= 0.6 is 11.6 Å². The minimum absolute atomic E-state index is 0.152. The van der Waals surface area contributed by atoms with E-state index in [4.69, 9.17) is 16.3 Å². The highest BCUT2D eigenvalue weighted by Gasteiger charge is 2.54. The quantitative estimate of drug-likeness (QED) is 0.597. The Morgan fingerprint density at radius 2 is 2.19 bits per heavy atom. The second-order valence-electron chi connectivity index (χ2n) is 6.93. The maximum absolute atomic E-state index is 12.6. The zero-order valence-electron chi connectivity index (χ0n) is 14.6. The summed E-state index contributed by atoms with van der Waals surface area (Å²) in [5.41, 5.74) is 0.156. The van der Waals surface area contributed by atoms with E-state index in [1.807, 2.05) is 0 Å². The van der Waals surface area contributed by atoms with Gasteiger partial charge in [0.1, 0.15) is 17.0 Å². The summed E-state index contributed by atoms with van der Waals surface area (Å²) in [7, 11) is 1.54. The molecule has 1 saturated heterocycles. The Labute approximate surface area is 160 Å². The molecule has 9 heteroatoms. The van der Waals surface area contributed by atoms with Gasteiger partial charge in [-0.05, 0) is 31.0 Å². The van der Waals surface area contributed by atoms with E-state index in [0.717, 1.165) is 18.2 Å². The zero-order valence-corrected chi connectivity index (χ0v) is 15.4. The van der Waals surface area contributed by atoms with E-state index in [9.17, 15) is 14.4 Å². The largest absolute Gasteiger partial charge is 0.496 e. The normalized spacial score (nSPS) is 24.3. The average molecular weight is 391 g/mol. The lowest BCUT2D eigenvalue weighted by molar-refractivity contribution is -0.125. The van der Waals surface area contributed by atoms with Gasteiger partial charge >= 0.3 is 6.03 Å². The molecule has 4 N–H and O–H groups in total. The smallest absolute Gasteiger partial charge is 0.322 e. The number of methoxy groups -OCH3 is 1. The van der Waals surface area contributed by atoms with Crippen LogP contribution in [0.4, 0.5) is 4.79 Å². The fourth-order valence-corrected chi connectivity index (χ4v) is 4.30. The highest BCUT2D eigenvalue weighted by molar-refractivity contribution is 6.31. The van der Waals surface area contributed by atoms with Gasteiger partial charge in [-0.1, -0.05) is 18.0 Å². The van der Waals surface area contributed by atoms with Crippen molar-refractivity contribution >= 4 is 40.3 Å². The van der Waals surface area contributed by atoms with Gasteiger partial charge in [-0.3, -0.25) is 14.9 Å². The lowest BCUT2D eigenvalue weighted by Gasteiger charge is -2.28. The predicted octanol–water partition coefficient (Wildman–Crippen LogP) is 1.94. The van der Waals surface area contributed by atoms with E-state index in [2.05, 4.69) is 20.9 Å². The number of benzene rings is 1. The fraction of sp³-hybridized carbons (Fsp3) is 0.389. The van der Waals surface area contributed by atoms with Crippen molar-refractivity contribution < 1.29 is 19.1 Å². The molecule has 2 unspecified atom stereocenters. The van der Waals surface area contributed by atoms with Crippen molar-refractivity contribution in [2.24, 2.45) is 5.92 Å². The number of H-pyrrole nitrogens is 1. The molecule has 2 atom stereocenters. The van der Waals surface area contributed by atoms with Crippen LogP contribution in [0, 0.1) is 5.92 Å². The van der Waals surface area contributed by atoms with E-state index in [1.165, 1.54) is 0 Å². The Bertz CT molecular complexity index is 956. The molecule has 2 heterocycles. The van der Waals surface area contributed by atoms with Gasteiger partial charge in [-0.2, -0.15) is 0 Å². The molecule has 2 fully saturated rings. The van der Waals surface area contributed by atoms with Crippen LogP contribution < -0.4 is 20.7 Å². The van der Waals surface area contributed by atoms with Gasteiger partial charge < -0.3 is 20.4 Å². The lowest BCUT2D eigenvalue weighted by atomic mass is 9.87. The molecule has 1 aliphatic heterocycles. The molecule has 4 rings (SSSR count). The number of urea groups is 1. The van der Waals surface area contributed by atoms with Crippen LogP contribution in [-0.2, 0) is 4.79 Å². The first-order valence-electron chi connectivity index (χ1n) is 8.71. The molecule has 1 saturated carbocycles. The van der Waals surface area contributed by atoms with Crippen LogP contribution in [0.25, 0.3) is 10.9 Å². The van der Waals surface area contributed by atoms with Gasteiger partial charge in [0.15, 0.2) is 0 Å². The molecule has 1 aromatic heterocycles. The van der Waals surface area contributed by atoms with Gasteiger partial charge in [-0.25, -0.2) is 4.79 Å². The number of nitrogens with one attached hydrogen (secondary N) is 4. The van der Waals surface area contributed by atoms with Gasteiger partial charge in [0.2, 0.25) is 0 Å². The van der Waals surface area contributed by atoms with Crippen LogP contribution in [0.1, 0.15) is 29.8 Å². The Hall–Kier alpha value is -2.74. The van der Waals surface area contributed by atoms with Gasteiger partial charge in [0, 0.05) is 22.9 Å². The molecule has 142 valence electrons. The molecule has 2 aliphatic rings. The van der Waals surface area contributed by atoms with Crippen molar-refractivity contribution in [2.45, 2.75) is 24.8 Å². The van der Waals surface area contributed by atoms with Crippen LogP contribution in [0.5, 0.6) is 5.75 Å². The third-order valence-corrected chi connectivity index (χ3v) is 5.65. The molecular formula is C18H19ClN4O4. The summed E-state index contributed by atoms with van der Waals surface area (Å²) >= 11 is 6.06. The fourth-order valence-electron chi connectivity index (χ4n) is 4.10. The number of hydrogen-bond acceptors (Lipinski definition) is 4. The molecule has 1 aromatic carbocycles. The molecular weight excluding hydrogens is 372 g/mol. The minimum atomic E-state index is -0.915. The molecule has 0 radical (unpaired) electrons. The number of hydrogen-bond donors (Lipinski definition) is 4. The highest BCUT2D eigenvalue weighted by atomic mass is 35.5. The highest BCUT2D eigenvalue weighted by Crippen LogP contribution is 2.37. The van der Waals surface area contributed by atoms with E-state index < -0.39 is 11.6 Å². The summed E-state index contributed by atoms with van der Waals surface area (Å²) < 4.78 is 5.31. The average Bonchev–Trinajstić information content (AvgIpc) is 3.30. The second-order valence-corrected chi connectivity index (χ2v) is 7.37. The first-order chi connectivity index (χ1) is 12.9. The van der Waals surface area contributed by atoms with Crippen molar-refractivity contribution in [3.8, 4) is 5.75 Å². The van der Waals surface area contributed by atoms with E-state index >= 15 is 0 Å². The van der Waals surface area contributed by atoms with Crippen molar-refractivity contribution in [1.29, 1.82) is 0 Å². The number of imide groups is 1. The summed E-state index contributed by atoms with van der Waals surface area (Å²) in [6.45, 7) is 0.291. The Morgan fingerprint density at radius 1 is 1.37 bits per heavy atom. The SMILES string of the molecule is COc1cc(Cl)cc2[nH]c(C(=O)NCC3CCCC34NC(=O)NC4=O)cc12. The van der Waals surface area contributed by atoms with Crippen LogP contribution in [0.2, 0.25) is 5.02 Å². The molecule has 4 amide bonds. The van der Waals surface area contributed by atoms with Gasteiger partial charge in [-0.15, -0.1) is 0 Å². The van der Waals surface area contributed by atoms with Crippen LogP contribution in [0.15, 0.2) is 18.2 Å². The first-order valence-corrected chi connectivity index (χ1v) is 9.09. The monoisotopic (exact) mass is 390 g/mol. The number of rotatable bonds is 4. The summed E-state index contributed by atoms with van der Waals surface area (Å²) in [6.07, 6.45) is 2.15. The second kappa shape index (κ2) is 6.45. The summed E-state index contributed by atoms with van der Waals surface area (Å²) in [4.78, 5) is 39.4. The van der Waals surface area contributed by atoms with E-state index in [1.54, 1.807) is 25.3 Å². The molecule has 27 heavy (non-hydrogen) atoms. The number of fused-ring (bicyclic) bond motifs is 1. The van der Waals surface area contributed by atoms with Crippen molar-refractivity contribution in [1.82, 2.24) is 20.9 Å². The summed E-state index contributed by atoms with van der Waals surface area (Å²) in [5.74, 6) is -0.181. The lowest BCUT2D eigenvalue weighted by Crippen LogP contribution is -2.53. The molecule has 0 bridgehead atoms. The third kappa shape index (κ3) is 2.90. The van der Waals surface area contributed by atoms with Crippen molar-refractivity contribution in [3.63, 3.8) is 0 Å². The molecule has 8 nitrogen and oxygen atoms in total. The van der Waals surface area contributed by atoms with Crippen LogP contribution in [-0.4, -0.2) is 42.0 Å². The molecule has 1 aliphatic carbocycles. The van der Waals surface area contributed by atoms with E-state index in [-0.39, 0.29) is 17.7 Å². The predicted molar refractivity (Wildman–Crippen MR) is 98.9 cm³/mol. The Kier molecular flexibility index (Phi) is 4.22. The number of carbonyl (C=O) groups is 3. The maximum atomic E-state index is 12.6. The van der Waals surface area contributed by atoms with E-state index in [0.29, 0.717) is 34.9 Å². The number of amides is 4. The Morgan fingerprint density at radius 3 is 2.89 bits per heavy atom. The Balaban J connectivity index is 1.51. The molecule has 1 spiro atoms. The van der Waals surface area contributed by atoms with Crippen molar-refractivity contribution in [2.75, 3.05) is 13.7 Å². The number of aromatic amines is 1. The minimum Gasteiger partial charge on any atom is -0.496 e. The molecule has 2 aromatic rings. The zero-order chi connectivity index (χ0) is 19.2. The number of halogens is 1. The van der Waals surface area contributed by atoms with Crippen molar-refractivity contribution in [3.05, 3.63) is 28.9 Å². The number of ether oxygens (including phenoxy) is 1. The first kappa shape index (κ1) is 17.7. The summed E-state index contributed by atoms with van der Waals surface area (Å²) in [6, 6.07) is 4.63. The van der Waals surface area contributed by atoms with Gasteiger partial charge in [0.05, 0.1) is 12.6 Å². The van der Waals surface area contributed by atoms with Gasteiger partial charge in [0.25, 0.3) is 11.8 Å². The maximum Gasteiger partial charge on any atom is 0.322 e. The van der Waals surface area contributed by atoms with Crippen LogP contribution in [0.3, 0.4) is 0 Å². The third-order valence-electron chi connectivity index (χ3n) is 5.43. The number of aromatic nitrogens is 1. The summed E-state index contributed by atoms with van der Waals surface area (Å²) in [5, 5.41) is 9.17.